The van der Waals surface area contributed by atoms with Gasteiger partial charge >= 0.3 is 5.97 Å². The molecule has 21 heteroatoms. The van der Waals surface area contributed by atoms with Crippen LogP contribution >= 0.6 is 0 Å². The maximum absolute atomic E-state index is 12.9. The van der Waals surface area contributed by atoms with E-state index >= 15 is 0 Å². The normalized spacial score (nSPS) is 55.3. The van der Waals surface area contributed by atoms with Crippen LogP contribution in [0.2, 0.25) is 0 Å². The number of ether oxygens (including phenoxy) is 8. The van der Waals surface area contributed by atoms with Crippen molar-refractivity contribution in [1.29, 1.82) is 0 Å². The van der Waals surface area contributed by atoms with Crippen LogP contribution in [0.25, 0.3) is 0 Å². The summed E-state index contributed by atoms with van der Waals surface area (Å²) in [4.78, 5) is 12.9. The zero-order valence-electron chi connectivity index (χ0n) is 46.7. The average Bonchev–Trinajstić information content (AvgIpc) is 3.64. The Balaban J connectivity index is 1.00. The zero-order valence-corrected chi connectivity index (χ0v) is 46.7. The Hall–Kier alpha value is -1.55. The minimum Gasteiger partial charge on any atom is -0.479 e. The van der Waals surface area contributed by atoms with Crippen LogP contribution in [-0.2, 0) is 42.7 Å². The maximum atomic E-state index is 12.9. The van der Waals surface area contributed by atoms with Gasteiger partial charge in [-0.2, -0.15) is 0 Å². The van der Waals surface area contributed by atoms with Crippen molar-refractivity contribution < 1.29 is 104 Å². The molecule has 0 spiro atoms. The van der Waals surface area contributed by atoms with Crippen LogP contribution in [0.1, 0.15) is 121 Å². The predicted octanol–water partition coefficient (Wildman–Crippen LogP) is 0.935. The van der Waals surface area contributed by atoms with Crippen LogP contribution in [0, 0.1) is 68.0 Å². The molecule has 4 aliphatic heterocycles. The summed E-state index contributed by atoms with van der Waals surface area (Å²) in [5, 5.41) is 132. The minimum atomic E-state index is -2.08. The summed E-state index contributed by atoms with van der Waals surface area (Å²) in [5.74, 6) is -1.85. The largest absolute Gasteiger partial charge is 0.479 e. The van der Waals surface area contributed by atoms with E-state index in [0.29, 0.717) is 25.7 Å². The Morgan fingerprint density at radius 3 is 1.81 bits per heavy atom. The number of carbonyl (C=O) groups is 1. The lowest BCUT2D eigenvalue weighted by molar-refractivity contribution is -0.386. The fraction of sp³-hybridized carbons (Fsp3) is 0.946. The second-order valence-corrected chi connectivity index (χ2v) is 27.1. The van der Waals surface area contributed by atoms with Crippen LogP contribution in [0.15, 0.2) is 11.6 Å². The lowest BCUT2D eigenvalue weighted by Gasteiger charge is -2.73. The van der Waals surface area contributed by atoms with Crippen molar-refractivity contribution in [3.8, 4) is 0 Å². The molecule has 0 amide bonds. The van der Waals surface area contributed by atoms with Gasteiger partial charge in [0.2, 0.25) is 0 Å². The molecular weight excluding hydrogens is 1010 g/mol. The molecule has 30 atom stereocenters. The minimum absolute atomic E-state index is 0.00741. The van der Waals surface area contributed by atoms with Gasteiger partial charge in [0.05, 0.1) is 44.2 Å². The summed E-state index contributed by atoms with van der Waals surface area (Å²) < 4.78 is 49.8. The zero-order chi connectivity index (χ0) is 56.6. The summed E-state index contributed by atoms with van der Waals surface area (Å²) in [6.45, 7) is 22.0. The molecule has 0 aromatic carbocycles. The number of carboxylic acids is 1. The van der Waals surface area contributed by atoms with Crippen LogP contribution in [-0.4, -0.2) is 210 Å². The number of aliphatic hydroxyl groups excluding tert-OH is 11. The highest BCUT2D eigenvalue weighted by molar-refractivity contribution is 5.73. The molecule has 8 fully saturated rings. The number of allylic oxidation sites excluding steroid dienone is 2. The van der Waals surface area contributed by atoms with E-state index in [4.69, 9.17) is 37.9 Å². The molecule has 0 aromatic heterocycles. The molecule has 442 valence electrons. The van der Waals surface area contributed by atoms with Crippen molar-refractivity contribution in [2.75, 3.05) is 19.8 Å². The second kappa shape index (κ2) is 21.3. The Morgan fingerprint density at radius 1 is 0.623 bits per heavy atom. The van der Waals surface area contributed by atoms with E-state index in [1.165, 1.54) is 5.57 Å². The fourth-order valence-electron chi connectivity index (χ4n) is 17.6. The molecule has 5 aliphatic carbocycles. The van der Waals surface area contributed by atoms with Gasteiger partial charge in [0.25, 0.3) is 0 Å². The third-order valence-electron chi connectivity index (χ3n) is 22.8. The van der Waals surface area contributed by atoms with Crippen LogP contribution in [0.5, 0.6) is 0 Å². The Bertz CT molecular complexity index is 2140. The molecule has 9 rings (SSSR count). The second-order valence-electron chi connectivity index (χ2n) is 27.1. The van der Waals surface area contributed by atoms with Crippen molar-refractivity contribution >= 4 is 5.97 Å². The van der Waals surface area contributed by atoms with E-state index in [9.17, 15) is 66.1 Å². The molecule has 12 N–H and O–H groups in total. The van der Waals surface area contributed by atoms with E-state index < -0.39 is 158 Å². The summed E-state index contributed by atoms with van der Waals surface area (Å²) in [5.41, 5.74) is -1.81. The Morgan fingerprint density at radius 2 is 1.21 bits per heavy atom. The smallest absolute Gasteiger partial charge is 0.335 e. The van der Waals surface area contributed by atoms with Gasteiger partial charge in [-0.15, -0.1) is 0 Å². The van der Waals surface area contributed by atoms with Gasteiger partial charge in [-0.05, 0) is 114 Å². The number of fused-ring (bicyclic) bond motifs is 7. The van der Waals surface area contributed by atoms with Gasteiger partial charge in [-0.3, -0.25) is 0 Å². The highest BCUT2D eigenvalue weighted by Gasteiger charge is 2.72. The molecule has 21 nitrogen and oxygen atoms in total. The molecule has 0 aromatic rings. The summed E-state index contributed by atoms with van der Waals surface area (Å²) in [6.07, 6.45) is -21.6. The Labute approximate surface area is 452 Å². The number of hydrogen-bond donors (Lipinski definition) is 12. The van der Waals surface area contributed by atoms with Gasteiger partial charge in [0.1, 0.15) is 67.1 Å². The van der Waals surface area contributed by atoms with Crippen molar-refractivity contribution in [2.24, 2.45) is 68.0 Å². The first-order valence-corrected chi connectivity index (χ1v) is 28.4. The van der Waals surface area contributed by atoms with E-state index in [1.54, 1.807) is 0 Å². The first-order chi connectivity index (χ1) is 35.9. The molecule has 0 bridgehead atoms. The molecular formula is C56H92O21. The summed E-state index contributed by atoms with van der Waals surface area (Å²) >= 11 is 0. The van der Waals surface area contributed by atoms with Crippen molar-refractivity contribution in [3.63, 3.8) is 0 Å². The van der Waals surface area contributed by atoms with Crippen LogP contribution < -0.4 is 0 Å². The molecule has 77 heavy (non-hydrogen) atoms. The van der Waals surface area contributed by atoms with Gasteiger partial charge in [-0.1, -0.05) is 80.9 Å². The predicted molar refractivity (Wildman–Crippen MR) is 269 cm³/mol. The maximum Gasteiger partial charge on any atom is 0.335 e. The molecule has 9 aliphatic rings. The van der Waals surface area contributed by atoms with Crippen molar-refractivity contribution in [2.45, 2.75) is 244 Å². The van der Waals surface area contributed by atoms with Crippen LogP contribution in [0.3, 0.4) is 0 Å². The van der Waals surface area contributed by atoms with Crippen molar-refractivity contribution in [3.05, 3.63) is 11.6 Å². The van der Waals surface area contributed by atoms with E-state index in [0.717, 1.165) is 19.3 Å². The van der Waals surface area contributed by atoms with Gasteiger partial charge < -0.3 is 99.2 Å². The highest BCUT2D eigenvalue weighted by atomic mass is 16.8. The molecule has 4 saturated heterocycles. The van der Waals surface area contributed by atoms with E-state index in [-0.39, 0.29) is 59.0 Å². The number of rotatable bonds is 12. The number of carboxylic acid groups (broad SMARTS) is 1. The number of aliphatic hydroxyl groups is 11. The lowest BCUT2D eigenvalue weighted by atomic mass is 9.32. The number of aliphatic carboxylic acids is 1. The third-order valence-corrected chi connectivity index (χ3v) is 22.8. The average molecular weight is 1100 g/mol. The van der Waals surface area contributed by atoms with Gasteiger partial charge in [0.15, 0.2) is 31.3 Å². The van der Waals surface area contributed by atoms with E-state index in [2.05, 4.69) is 68.4 Å². The first-order valence-electron chi connectivity index (χ1n) is 28.4. The van der Waals surface area contributed by atoms with Gasteiger partial charge in [-0.25, -0.2) is 4.79 Å². The van der Waals surface area contributed by atoms with Crippen molar-refractivity contribution in [1.82, 2.24) is 0 Å². The SMILES string of the molecule is CC1O[C@@H](O[C@H]2[C@H](C)[C@@]3(CO)C(CC2(C)C)C2=CCC4[C@@]5(C)CC[C@H](O[C@@H]6OC(C(=O)O)[C@@H](O)[C@@H](O[C@@H]7O[C@@H](CO)[C@@H](O)C7O)C6O[C@@H]6OC(CO)[C@H](O)[C@@H](O)C6O)C(C)(C)C5CC[C@@]4(C)[C@]2(C)C[C@H]3O)C(O)[C@@H](C)[C@H]1C. The molecule has 4 saturated carbocycles. The monoisotopic (exact) mass is 1100 g/mol. The molecule has 10 unspecified atom stereocenters. The van der Waals surface area contributed by atoms with E-state index in [1.807, 2.05) is 13.8 Å². The third kappa shape index (κ3) is 9.26. The first kappa shape index (κ1) is 60.1. The topological polar surface area (TPSA) is 334 Å². The summed E-state index contributed by atoms with van der Waals surface area (Å²) in [6, 6.07) is 0. The Kier molecular flexibility index (Phi) is 16.6. The lowest BCUT2D eigenvalue weighted by Crippen LogP contribution is -2.70. The number of hydrogen-bond acceptors (Lipinski definition) is 20. The van der Waals surface area contributed by atoms with Gasteiger partial charge in [0, 0.05) is 5.41 Å². The fourth-order valence-corrected chi connectivity index (χ4v) is 17.6. The van der Waals surface area contributed by atoms with Crippen LogP contribution in [0.4, 0.5) is 0 Å². The highest BCUT2D eigenvalue weighted by Crippen LogP contribution is 2.76. The summed E-state index contributed by atoms with van der Waals surface area (Å²) in [7, 11) is 0. The quantitative estimate of drug-likeness (QED) is 0.0956. The molecule has 4 heterocycles. The standard InChI is InChI=1S/C56H92O21/c1-23-24(2)35(61)47(70-26(23)4)77-45-25(3)56(22-59)28(18-51(45,5)6)27-12-13-32-53(9)16-15-34(52(7,8)31(53)14-17-54(32,10)55(27,11)19-33(56)60)73-50-44(76-49-40(66)38(64)36(62)29(20-57)71-49)42(41(67)43(75-50)46(68)69)74-48-39(65)37(63)30(21-58)72-48/h12,23-26,28-45,47-50,57-67H,13-22H2,1-11H3,(H,68,69)/t23-,24+,25+,26?,28?,29?,30+,31?,32?,33-,34+,35?,36+,37-,38-,39?,40?,41+,42-,43?,44?,45+,47+,48+,49+,50-,53+,54-,55-,56+/m1/s1. The molecule has 0 radical (unpaired) electrons.